The van der Waals surface area contributed by atoms with E-state index in [4.69, 9.17) is 4.43 Å². The summed E-state index contributed by atoms with van der Waals surface area (Å²) < 4.78 is 6.44. The van der Waals surface area contributed by atoms with E-state index in [0.29, 0.717) is 0 Å². The van der Waals surface area contributed by atoms with Gasteiger partial charge in [0.05, 0.1) is 6.04 Å². The molecule has 27 heavy (non-hydrogen) atoms. The maximum Gasteiger partial charge on any atom is 0.250 e. The van der Waals surface area contributed by atoms with Crippen LogP contribution in [0.25, 0.3) is 6.08 Å². The van der Waals surface area contributed by atoms with Crippen LogP contribution < -0.4 is 0 Å². The summed E-state index contributed by atoms with van der Waals surface area (Å²) >= 11 is 0. The van der Waals surface area contributed by atoms with E-state index in [1.165, 1.54) is 23.3 Å². The highest BCUT2D eigenvalue weighted by Crippen LogP contribution is 2.38. The monoisotopic (exact) mass is 383 g/mol. The van der Waals surface area contributed by atoms with Crippen LogP contribution in [0.1, 0.15) is 26.3 Å². The third kappa shape index (κ3) is 4.93. The number of hydrogen-bond acceptors (Lipinski definition) is 3. The molecule has 5 heteroatoms. The van der Waals surface area contributed by atoms with Crippen molar-refractivity contribution in [2.24, 2.45) is 0 Å². The van der Waals surface area contributed by atoms with E-state index in [-0.39, 0.29) is 16.7 Å². The number of rotatable bonds is 5. The lowest BCUT2D eigenvalue weighted by molar-refractivity contribution is -0.131. The summed E-state index contributed by atoms with van der Waals surface area (Å²) in [4.78, 5) is 26.6. The highest BCUT2D eigenvalue weighted by molar-refractivity contribution is 6.74. The van der Waals surface area contributed by atoms with E-state index < -0.39 is 20.5 Å². The second-order valence-electron chi connectivity index (χ2n) is 8.23. The standard InChI is InChI=1S/C22H29NO3Si/c1-7-20(25)23-16-15-19(24)21(26-27(5,6)22(2,3)4)18(23)14-13-17-11-9-8-10-12-17/h7-16,18,21H,1H2,2-6H3/b14-13+/t18-,21+/m1/s1. The van der Waals surface area contributed by atoms with Crippen LogP contribution in [-0.4, -0.2) is 37.1 Å². The van der Waals surface area contributed by atoms with Crippen molar-refractivity contribution in [2.45, 2.75) is 51.0 Å². The number of benzene rings is 1. The average Bonchev–Trinajstić information content (AvgIpc) is 2.61. The maximum atomic E-state index is 12.7. The molecule has 1 aromatic rings. The molecule has 2 atom stereocenters. The number of amides is 1. The molecule has 1 amide bonds. The van der Waals surface area contributed by atoms with Gasteiger partial charge in [-0.15, -0.1) is 0 Å². The fourth-order valence-corrected chi connectivity index (χ4v) is 3.82. The first-order valence-corrected chi connectivity index (χ1v) is 12.1. The first kappa shape index (κ1) is 21.1. The first-order chi connectivity index (χ1) is 12.6. The van der Waals surface area contributed by atoms with Crippen LogP contribution in [0.15, 0.2) is 61.3 Å². The van der Waals surface area contributed by atoms with E-state index in [1.54, 1.807) is 0 Å². The molecule has 1 heterocycles. The molecule has 4 nitrogen and oxygen atoms in total. The van der Waals surface area contributed by atoms with Crippen LogP contribution >= 0.6 is 0 Å². The molecule has 1 aliphatic heterocycles. The lowest BCUT2D eigenvalue weighted by Crippen LogP contribution is -2.55. The molecule has 0 aromatic heterocycles. The van der Waals surface area contributed by atoms with E-state index in [2.05, 4.69) is 40.4 Å². The Morgan fingerprint density at radius 1 is 1.22 bits per heavy atom. The van der Waals surface area contributed by atoms with Gasteiger partial charge in [0.15, 0.2) is 14.1 Å². The van der Waals surface area contributed by atoms with Crippen molar-refractivity contribution in [1.82, 2.24) is 4.90 Å². The van der Waals surface area contributed by atoms with Crippen molar-refractivity contribution in [3.63, 3.8) is 0 Å². The Labute approximate surface area is 163 Å². The van der Waals surface area contributed by atoms with Gasteiger partial charge < -0.3 is 9.33 Å². The van der Waals surface area contributed by atoms with Gasteiger partial charge in [0.2, 0.25) is 0 Å². The molecule has 0 saturated heterocycles. The Morgan fingerprint density at radius 3 is 2.41 bits per heavy atom. The summed E-state index contributed by atoms with van der Waals surface area (Å²) in [5.41, 5.74) is 0.997. The number of carbonyl (C=O) groups is 2. The second kappa shape index (κ2) is 8.19. The first-order valence-electron chi connectivity index (χ1n) is 9.15. The molecular weight excluding hydrogens is 354 g/mol. The third-order valence-corrected chi connectivity index (χ3v) is 9.71. The number of hydrogen-bond donors (Lipinski definition) is 0. The molecular formula is C22H29NO3Si. The van der Waals surface area contributed by atoms with Crippen LogP contribution in [0.3, 0.4) is 0 Å². The molecule has 0 unspecified atom stereocenters. The summed E-state index contributed by atoms with van der Waals surface area (Å²) in [6.07, 6.45) is 7.27. The van der Waals surface area contributed by atoms with E-state index >= 15 is 0 Å². The molecule has 0 spiro atoms. The Balaban J connectivity index is 2.42. The number of carbonyl (C=O) groups excluding carboxylic acids is 2. The molecule has 144 valence electrons. The SMILES string of the molecule is C=CC(=O)N1C=CC(=O)[C@@H](O[Si](C)(C)C(C)(C)C)[C@H]1/C=C/c1ccccc1. The number of nitrogens with zero attached hydrogens (tertiary/aromatic N) is 1. The zero-order chi connectivity index (χ0) is 20.2. The van der Waals surface area contributed by atoms with E-state index in [0.717, 1.165) is 5.56 Å². The third-order valence-electron chi connectivity index (χ3n) is 5.25. The van der Waals surface area contributed by atoms with Crippen molar-refractivity contribution in [1.29, 1.82) is 0 Å². The maximum absolute atomic E-state index is 12.7. The highest BCUT2D eigenvalue weighted by Gasteiger charge is 2.44. The molecule has 0 N–H and O–H groups in total. The lowest BCUT2D eigenvalue weighted by atomic mass is 10.00. The normalized spacial score (nSPS) is 20.9. The van der Waals surface area contributed by atoms with Gasteiger partial charge in [-0.2, -0.15) is 0 Å². The Kier molecular flexibility index (Phi) is 6.39. The quantitative estimate of drug-likeness (QED) is 0.553. The zero-order valence-electron chi connectivity index (χ0n) is 16.8. The summed E-state index contributed by atoms with van der Waals surface area (Å²) in [6, 6.07) is 9.27. The predicted octanol–water partition coefficient (Wildman–Crippen LogP) is 4.57. The Hall–Kier alpha value is -2.24. The molecule has 0 saturated carbocycles. The molecule has 0 radical (unpaired) electrons. The average molecular weight is 384 g/mol. The smallest absolute Gasteiger partial charge is 0.250 e. The van der Waals surface area contributed by atoms with Gasteiger partial charge in [-0.25, -0.2) is 0 Å². The fraction of sp³-hybridized carbons (Fsp3) is 0.364. The molecule has 1 aliphatic rings. The summed E-state index contributed by atoms with van der Waals surface area (Å²) in [7, 11) is -2.21. The summed E-state index contributed by atoms with van der Waals surface area (Å²) in [5.74, 6) is -0.374. The molecule has 0 aliphatic carbocycles. The van der Waals surface area contributed by atoms with Crippen molar-refractivity contribution in [2.75, 3.05) is 0 Å². The van der Waals surface area contributed by atoms with Gasteiger partial charge in [-0.05, 0) is 29.8 Å². The second-order valence-corrected chi connectivity index (χ2v) is 13.0. The minimum absolute atomic E-state index is 0.0462. The lowest BCUT2D eigenvalue weighted by Gasteiger charge is -2.43. The van der Waals surface area contributed by atoms with Gasteiger partial charge in [0.25, 0.3) is 5.91 Å². The van der Waals surface area contributed by atoms with Crippen molar-refractivity contribution < 1.29 is 14.0 Å². The minimum Gasteiger partial charge on any atom is -0.404 e. The molecule has 0 fully saturated rings. The van der Waals surface area contributed by atoms with Crippen LogP contribution in [0.4, 0.5) is 0 Å². The summed E-state index contributed by atoms with van der Waals surface area (Å²) in [6.45, 7) is 14.2. The Morgan fingerprint density at radius 2 is 1.85 bits per heavy atom. The van der Waals surface area contributed by atoms with E-state index in [9.17, 15) is 9.59 Å². The van der Waals surface area contributed by atoms with Gasteiger partial charge in [-0.3, -0.25) is 9.59 Å². The minimum atomic E-state index is -2.21. The Bertz CT molecular complexity index is 760. The zero-order valence-corrected chi connectivity index (χ0v) is 17.8. The molecule has 0 bridgehead atoms. The van der Waals surface area contributed by atoms with Crippen LogP contribution in [0.2, 0.25) is 18.1 Å². The fourth-order valence-electron chi connectivity index (χ4n) is 2.58. The summed E-state index contributed by atoms with van der Waals surface area (Å²) in [5, 5.41) is -0.0462. The van der Waals surface area contributed by atoms with Crippen LogP contribution in [0, 0.1) is 0 Å². The topological polar surface area (TPSA) is 46.6 Å². The van der Waals surface area contributed by atoms with Crippen molar-refractivity contribution >= 4 is 26.1 Å². The van der Waals surface area contributed by atoms with Crippen LogP contribution in [-0.2, 0) is 14.0 Å². The largest absolute Gasteiger partial charge is 0.404 e. The van der Waals surface area contributed by atoms with Crippen LogP contribution in [0.5, 0.6) is 0 Å². The molecule has 1 aromatic carbocycles. The molecule has 2 rings (SSSR count). The number of ketones is 1. The van der Waals surface area contributed by atoms with Gasteiger partial charge >= 0.3 is 0 Å². The van der Waals surface area contributed by atoms with Crippen molar-refractivity contribution in [3.05, 3.63) is 66.9 Å². The van der Waals surface area contributed by atoms with Gasteiger partial charge in [-0.1, -0.05) is 69.8 Å². The highest BCUT2D eigenvalue weighted by atomic mass is 28.4. The van der Waals surface area contributed by atoms with Gasteiger partial charge in [0, 0.05) is 12.3 Å². The van der Waals surface area contributed by atoms with E-state index in [1.807, 2.05) is 42.5 Å². The predicted molar refractivity (Wildman–Crippen MR) is 113 cm³/mol. The van der Waals surface area contributed by atoms with Gasteiger partial charge in [0.1, 0.15) is 6.10 Å². The van der Waals surface area contributed by atoms with Crippen molar-refractivity contribution in [3.8, 4) is 0 Å².